The summed E-state index contributed by atoms with van der Waals surface area (Å²) in [6.07, 6.45) is 0. The second-order valence-corrected chi connectivity index (χ2v) is 4.90. The van der Waals surface area contributed by atoms with E-state index in [0.29, 0.717) is 27.7 Å². The van der Waals surface area contributed by atoms with Crippen molar-refractivity contribution < 1.29 is 4.39 Å². The van der Waals surface area contributed by atoms with Gasteiger partial charge in [-0.05, 0) is 34.7 Å². The van der Waals surface area contributed by atoms with Crippen LogP contribution in [0.1, 0.15) is 5.56 Å². The van der Waals surface area contributed by atoms with E-state index in [-0.39, 0.29) is 12.4 Å². The molecule has 3 rings (SSSR count). The molecular formula is C14H11ClFN5. The number of benzene rings is 2. The average molecular weight is 304 g/mol. The number of nitrogen functional groups attached to an aromatic ring is 1. The highest BCUT2D eigenvalue weighted by atomic mass is 35.5. The van der Waals surface area contributed by atoms with Gasteiger partial charge < -0.3 is 5.73 Å². The molecule has 0 saturated carbocycles. The third-order valence-electron chi connectivity index (χ3n) is 3.04. The molecule has 1 aromatic heterocycles. The molecule has 0 aliphatic carbocycles. The van der Waals surface area contributed by atoms with E-state index in [0.717, 1.165) is 0 Å². The molecule has 0 amide bonds. The molecule has 2 aromatic carbocycles. The van der Waals surface area contributed by atoms with Crippen molar-refractivity contribution in [2.24, 2.45) is 0 Å². The van der Waals surface area contributed by atoms with E-state index in [1.165, 1.54) is 10.7 Å². The largest absolute Gasteiger partial charge is 0.399 e. The van der Waals surface area contributed by atoms with Crippen molar-refractivity contribution in [3.05, 3.63) is 58.9 Å². The Morgan fingerprint density at radius 3 is 2.81 bits per heavy atom. The van der Waals surface area contributed by atoms with Crippen LogP contribution in [0.15, 0.2) is 42.5 Å². The van der Waals surface area contributed by atoms with E-state index in [2.05, 4.69) is 15.5 Å². The number of nitrogens with zero attached hydrogens (tertiary/aromatic N) is 4. The average Bonchev–Trinajstić information content (AvgIpc) is 2.92. The van der Waals surface area contributed by atoms with Gasteiger partial charge in [-0.2, -0.15) is 0 Å². The first-order valence-electron chi connectivity index (χ1n) is 6.20. The topological polar surface area (TPSA) is 69.6 Å². The van der Waals surface area contributed by atoms with Gasteiger partial charge in [-0.1, -0.05) is 29.8 Å². The van der Waals surface area contributed by atoms with E-state index in [9.17, 15) is 4.39 Å². The lowest BCUT2D eigenvalue weighted by atomic mass is 10.1. The van der Waals surface area contributed by atoms with Gasteiger partial charge in [-0.25, -0.2) is 9.07 Å². The van der Waals surface area contributed by atoms with E-state index in [1.54, 1.807) is 36.4 Å². The van der Waals surface area contributed by atoms with Crippen molar-refractivity contribution in [3.63, 3.8) is 0 Å². The molecule has 0 bridgehead atoms. The highest BCUT2D eigenvalue weighted by Gasteiger charge is 2.14. The summed E-state index contributed by atoms with van der Waals surface area (Å²) in [6.45, 7) is 0.208. The van der Waals surface area contributed by atoms with E-state index in [1.807, 2.05) is 0 Å². The maximum atomic E-state index is 13.7. The molecule has 0 radical (unpaired) electrons. The fourth-order valence-corrected chi connectivity index (χ4v) is 2.21. The summed E-state index contributed by atoms with van der Waals surface area (Å²) in [5, 5.41) is 12.0. The molecule has 2 N–H and O–H groups in total. The van der Waals surface area contributed by atoms with Crippen molar-refractivity contribution in [1.29, 1.82) is 0 Å². The Kier molecular flexibility index (Phi) is 3.53. The molecule has 0 saturated heterocycles. The number of halogens is 2. The van der Waals surface area contributed by atoms with E-state index >= 15 is 0 Å². The van der Waals surface area contributed by atoms with Gasteiger partial charge in [0.25, 0.3) is 0 Å². The van der Waals surface area contributed by atoms with Crippen LogP contribution in [0.4, 0.5) is 10.1 Å². The molecule has 0 atom stereocenters. The molecule has 0 aliphatic rings. The van der Waals surface area contributed by atoms with Crippen LogP contribution < -0.4 is 5.73 Å². The Hall–Kier alpha value is -2.47. The molecule has 7 heteroatoms. The fourth-order valence-electron chi connectivity index (χ4n) is 2.01. The van der Waals surface area contributed by atoms with E-state index < -0.39 is 0 Å². The number of tetrazole rings is 1. The zero-order valence-electron chi connectivity index (χ0n) is 10.9. The first-order valence-corrected chi connectivity index (χ1v) is 6.58. The number of hydrogen-bond acceptors (Lipinski definition) is 4. The number of hydrogen-bond donors (Lipinski definition) is 1. The molecule has 106 valence electrons. The summed E-state index contributed by atoms with van der Waals surface area (Å²) in [7, 11) is 0. The summed E-state index contributed by atoms with van der Waals surface area (Å²) >= 11 is 6.16. The summed E-state index contributed by atoms with van der Waals surface area (Å²) in [4.78, 5) is 0. The van der Waals surface area contributed by atoms with Crippen LogP contribution >= 0.6 is 11.6 Å². The van der Waals surface area contributed by atoms with Gasteiger partial charge >= 0.3 is 0 Å². The summed E-state index contributed by atoms with van der Waals surface area (Å²) in [5.74, 6) is 0.133. The molecule has 1 heterocycles. The standard InChI is InChI=1S/C14H11ClFN5/c15-12-6-5-10(17)7-11(12)14-18-19-20-21(14)8-9-3-1-2-4-13(9)16/h1-7H,8,17H2. The van der Waals surface area contributed by atoms with Crippen molar-refractivity contribution >= 4 is 17.3 Å². The Morgan fingerprint density at radius 1 is 1.19 bits per heavy atom. The van der Waals surface area contributed by atoms with Gasteiger partial charge in [-0.15, -0.1) is 5.10 Å². The minimum absolute atomic E-state index is 0.208. The van der Waals surface area contributed by atoms with Crippen LogP contribution in [0.3, 0.4) is 0 Å². The lowest BCUT2D eigenvalue weighted by Gasteiger charge is -2.07. The van der Waals surface area contributed by atoms with Gasteiger partial charge in [0.15, 0.2) is 5.82 Å². The van der Waals surface area contributed by atoms with Crippen LogP contribution in [0, 0.1) is 5.82 Å². The zero-order valence-corrected chi connectivity index (χ0v) is 11.6. The van der Waals surface area contributed by atoms with Crippen LogP contribution in [0.25, 0.3) is 11.4 Å². The van der Waals surface area contributed by atoms with Gasteiger partial charge in [0, 0.05) is 16.8 Å². The predicted octanol–water partition coefficient (Wildman–Crippen LogP) is 2.76. The van der Waals surface area contributed by atoms with Gasteiger partial charge in [0.2, 0.25) is 0 Å². The Labute approximate surface area is 125 Å². The second kappa shape index (κ2) is 5.49. The molecule has 3 aromatic rings. The van der Waals surface area contributed by atoms with Crippen LogP contribution in [0.2, 0.25) is 5.02 Å². The van der Waals surface area contributed by atoms with Crippen molar-refractivity contribution in [2.45, 2.75) is 6.54 Å². The van der Waals surface area contributed by atoms with Crippen LogP contribution in [0.5, 0.6) is 0 Å². The van der Waals surface area contributed by atoms with Crippen LogP contribution in [-0.4, -0.2) is 20.2 Å². The lowest BCUT2D eigenvalue weighted by Crippen LogP contribution is -2.06. The van der Waals surface area contributed by atoms with E-state index in [4.69, 9.17) is 17.3 Å². The Balaban J connectivity index is 2.02. The van der Waals surface area contributed by atoms with Crippen LogP contribution in [-0.2, 0) is 6.54 Å². The molecule has 0 aliphatic heterocycles. The number of rotatable bonds is 3. The second-order valence-electron chi connectivity index (χ2n) is 4.49. The first kappa shape index (κ1) is 13.5. The van der Waals surface area contributed by atoms with Gasteiger partial charge in [0.1, 0.15) is 5.82 Å². The number of nitrogens with two attached hydrogens (primary N) is 1. The third kappa shape index (κ3) is 2.71. The quantitative estimate of drug-likeness (QED) is 0.755. The molecule has 0 spiro atoms. The zero-order chi connectivity index (χ0) is 14.8. The molecule has 0 unspecified atom stereocenters. The summed E-state index contributed by atoms with van der Waals surface area (Å²) in [6, 6.07) is 11.5. The van der Waals surface area contributed by atoms with Crippen molar-refractivity contribution in [3.8, 4) is 11.4 Å². The Bertz CT molecular complexity index is 787. The molecule has 5 nitrogen and oxygen atoms in total. The molecule has 21 heavy (non-hydrogen) atoms. The van der Waals surface area contributed by atoms with Crippen molar-refractivity contribution in [2.75, 3.05) is 5.73 Å². The third-order valence-corrected chi connectivity index (χ3v) is 3.37. The molecular weight excluding hydrogens is 293 g/mol. The predicted molar refractivity (Wildman–Crippen MR) is 78.2 cm³/mol. The maximum Gasteiger partial charge on any atom is 0.183 e. The van der Waals surface area contributed by atoms with Gasteiger partial charge in [0.05, 0.1) is 11.6 Å². The Morgan fingerprint density at radius 2 is 2.00 bits per heavy atom. The maximum absolute atomic E-state index is 13.7. The smallest absolute Gasteiger partial charge is 0.183 e. The fraction of sp³-hybridized carbons (Fsp3) is 0.0714. The first-order chi connectivity index (χ1) is 10.1. The minimum atomic E-state index is -0.308. The SMILES string of the molecule is Nc1ccc(Cl)c(-c2nnnn2Cc2ccccc2F)c1. The molecule has 0 fully saturated rings. The minimum Gasteiger partial charge on any atom is -0.399 e. The highest BCUT2D eigenvalue weighted by Crippen LogP contribution is 2.28. The van der Waals surface area contributed by atoms with Gasteiger partial charge in [-0.3, -0.25) is 0 Å². The lowest BCUT2D eigenvalue weighted by molar-refractivity contribution is 0.579. The highest BCUT2D eigenvalue weighted by molar-refractivity contribution is 6.33. The normalized spacial score (nSPS) is 10.8. The van der Waals surface area contributed by atoms with Crippen molar-refractivity contribution in [1.82, 2.24) is 20.2 Å². The summed E-state index contributed by atoms with van der Waals surface area (Å²) < 4.78 is 15.2. The number of aromatic nitrogens is 4. The summed E-state index contributed by atoms with van der Waals surface area (Å²) in [5.41, 5.74) is 7.42. The number of anilines is 1. The monoisotopic (exact) mass is 303 g/mol.